The third-order valence-electron chi connectivity index (χ3n) is 6.48. The zero-order valence-corrected chi connectivity index (χ0v) is 21.1. The lowest BCUT2D eigenvalue weighted by Crippen LogP contribution is -2.48. The van der Waals surface area contributed by atoms with Gasteiger partial charge in [0.25, 0.3) is 0 Å². The molecular weight excluding hydrogens is 451 g/mol. The topological polar surface area (TPSA) is 61.6 Å². The summed E-state index contributed by atoms with van der Waals surface area (Å²) in [6, 6.07) is 9.14. The highest BCUT2D eigenvalue weighted by Gasteiger charge is 2.33. The second kappa shape index (κ2) is 11.0. The standard InChI is InChI=1S/C26H33FN4O2S/c1-26(2)16-21-22(17-28)25(34-14-7-19-5-4-6-20(27)15-19)29-24(23(21)18-33-26)31-10-8-30(9-11-31)12-13-32-3/h4-6,15H,7-14,16,18H2,1-3H3. The Morgan fingerprint density at radius 1 is 1.24 bits per heavy atom. The Kier molecular flexibility index (Phi) is 8.10. The maximum atomic E-state index is 13.6. The van der Waals surface area contributed by atoms with Crippen LogP contribution in [-0.2, 0) is 28.9 Å². The summed E-state index contributed by atoms with van der Waals surface area (Å²) in [6.07, 6.45) is 1.40. The van der Waals surface area contributed by atoms with E-state index in [1.54, 1.807) is 31.0 Å². The molecule has 0 atom stereocenters. The van der Waals surface area contributed by atoms with Crippen molar-refractivity contribution in [2.75, 3.05) is 57.1 Å². The molecule has 0 unspecified atom stereocenters. The van der Waals surface area contributed by atoms with Gasteiger partial charge in [-0.15, -0.1) is 11.8 Å². The van der Waals surface area contributed by atoms with Gasteiger partial charge in [0.05, 0.1) is 24.4 Å². The molecule has 0 saturated carbocycles. The summed E-state index contributed by atoms with van der Waals surface area (Å²) in [4.78, 5) is 9.78. The number of aryl methyl sites for hydroxylation is 1. The van der Waals surface area contributed by atoms with E-state index >= 15 is 0 Å². The van der Waals surface area contributed by atoms with E-state index in [1.165, 1.54) is 6.07 Å². The van der Waals surface area contributed by atoms with E-state index in [0.29, 0.717) is 25.0 Å². The summed E-state index contributed by atoms with van der Waals surface area (Å²) < 4.78 is 24.9. The number of pyridine rings is 1. The first kappa shape index (κ1) is 24.9. The van der Waals surface area contributed by atoms with Crippen molar-refractivity contribution < 1.29 is 13.9 Å². The SMILES string of the molecule is COCCN1CCN(c2nc(SCCc3cccc(F)c3)c(C#N)c3c2COC(C)(C)C3)CC1. The minimum atomic E-state index is -0.320. The molecule has 0 spiro atoms. The van der Waals surface area contributed by atoms with Crippen molar-refractivity contribution in [3.8, 4) is 6.07 Å². The molecule has 0 amide bonds. The van der Waals surface area contributed by atoms with E-state index in [-0.39, 0.29) is 11.4 Å². The van der Waals surface area contributed by atoms with Crippen molar-refractivity contribution >= 4 is 17.6 Å². The smallest absolute Gasteiger partial charge is 0.135 e. The summed E-state index contributed by atoms with van der Waals surface area (Å²) in [5.74, 6) is 1.46. The highest BCUT2D eigenvalue weighted by atomic mass is 32.2. The predicted molar refractivity (Wildman–Crippen MR) is 133 cm³/mol. The molecule has 182 valence electrons. The predicted octanol–water partition coefficient (Wildman–Crippen LogP) is 4.05. The first-order valence-electron chi connectivity index (χ1n) is 11.8. The molecule has 1 aromatic carbocycles. The Balaban J connectivity index is 1.59. The van der Waals surface area contributed by atoms with Gasteiger partial charge < -0.3 is 14.4 Å². The number of benzene rings is 1. The number of methoxy groups -OCH3 is 1. The Labute approximate surface area is 206 Å². The van der Waals surface area contributed by atoms with Crippen molar-refractivity contribution in [1.82, 2.24) is 9.88 Å². The van der Waals surface area contributed by atoms with Crippen LogP contribution in [0.1, 0.15) is 36.1 Å². The monoisotopic (exact) mass is 484 g/mol. The van der Waals surface area contributed by atoms with Crippen LogP contribution in [0.25, 0.3) is 0 Å². The van der Waals surface area contributed by atoms with Crippen LogP contribution in [0, 0.1) is 17.1 Å². The molecule has 1 fully saturated rings. The third-order valence-corrected chi connectivity index (χ3v) is 7.46. The van der Waals surface area contributed by atoms with E-state index in [4.69, 9.17) is 14.5 Å². The van der Waals surface area contributed by atoms with Crippen LogP contribution in [0.3, 0.4) is 0 Å². The summed E-state index contributed by atoms with van der Waals surface area (Å²) >= 11 is 1.58. The Morgan fingerprint density at radius 2 is 2.03 bits per heavy atom. The van der Waals surface area contributed by atoms with Gasteiger partial charge in [0.15, 0.2) is 0 Å². The number of nitriles is 1. The van der Waals surface area contributed by atoms with Crippen LogP contribution in [0.5, 0.6) is 0 Å². The number of hydrogen-bond acceptors (Lipinski definition) is 7. The van der Waals surface area contributed by atoms with Crippen molar-refractivity contribution in [1.29, 1.82) is 5.26 Å². The number of rotatable bonds is 8. The molecule has 1 aromatic heterocycles. The van der Waals surface area contributed by atoms with Crippen LogP contribution in [0.2, 0.25) is 0 Å². The lowest BCUT2D eigenvalue weighted by atomic mass is 9.89. The lowest BCUT2D eigenvalue weighted by Gasteiger charge is -2.39. The number of fused-ring (bicyclic) bond motifs is 1. The van der Waals surface area contributed by atoms with E-state index < -0.39 is 0 Å². The second-order valence-electron chi connectivity index (χ2n) is 9.46. The minimum Gasteiger partial charge on any atom is -0.383 e. The van der Waals surface area contributed by atoms with Crippen LogP contribution >= 0.6 is 11.8 Å². The Morgan fingerprint density at radius 3 is 2.74 bits per heavy atom. The van der Waals surface area contributed by atoms with Gasteiger partial charge in [0, 0.05) is 57.6 Å². The maximum Gasteiger partial charge on any atom is 0.135 e. The third kappa shape index (κ3) is 5.89. The molecule has 34 heavy (non-hydrogen) atoms. The minimum absolute atomic E-state index is 0.221. The fraction of sp³-hybridized carbons (Fsp3) is 0.538. The number of piperazine rings is 1. The van der Waals surface area contributed by atoms with Crippen molar-refractivity contribution in [2.45, 2.75) is 43.9 Å². The average Bonchev–Trinajstić information content (AvgIpc) is 2.82. The van der Waals surface area contributed by atoms with Crippen molar-refractivity contribution in [3.05, 3.63) is 52.3 Å². The van der Waals surface area contributed by atoms with Gasteiger partial charge in [0.1, 0.15) is 22.7 Å². The molecule has 2 aliphatic heterocycles. The Hall–Kier alpha value is -2.18. The molecule has 3 heterocycles. The van der Waals surface area contributed by atoms with Crippen LogP contribution < -0.4 is 4.90 Å². The van der Waals surface area contributed by atoms with Gasteiger partial charge in [0.2, 0.25) is 0 Å². The Bertz CT molecular complexity index is 1050. The number of halogens is 1. The number of anilines is 1. The number of aromatic nitrogens is 1. The average molecular weight is 485 g/mol. The normalized spacial score (nSPS) is 17.9. The molecule has 4 rings (SSSR count). The maximum absolute atomic E-state index is 13.6. The summed E-state index contributed by atoms with van der Waals surface area (Å²) in [5.41, 5.74) is 3.41. The quantitative estimate of drug-likeness (QED) is 0.524. The molecule has 6 nitrogen and oxygen atoms in total. The van der Waals surface area contributed by atoms with E-state index in [2.05, 4.69) is 29.7 Å². The highest BCUT2D eigenvalue weighted by Crippen LogP contribution is 2.39. The number of nitrogens with zero attached hydrogens (tertiary/aromatic N) is 4. The first-order valence-corrected chi connectivity index (χ1v) is 12.8. The molecule has 0 N–H and O–H groups in total. The molecule has 0 radical (unpaired) electrons. The summed E-state index contributed by atoms with van der Waals surface area (Å²) in [6.45, 7) is 9.95. The fourth-order valence-corrected chi connectivity index (χ4v) is 5.56. The van der Waals surface area contributed by atoms with Gasteiger partial charge in [-0.05, 0) is 43.5 Å². The molecule has 2 aliphatic rings. The van der Waals surface area contributed by atoms with Crippen molar-refractivity contribution in [2.24, 2.45) is 0 Å². The molecule has 0 bridgehead atoms. The van der Waals surface area contributed by atoms with Crippen LogP contribution in [-0.4, -0.2) is 67.7 Å². The zero-order chi connectivity index (χ0) is 24.1. The van der Waals surface area contributed by atoms with E-state index in [1.807, 2.05) is 6.07 Å². The molecule has 0 aliphatic carbocycles. The molecule has 1 saturated heterocycles. The second-order valence-corrected chi connectivity index (χ2v) is 10.5. The van der Waals surface area contributed by atoms with E-state index in [9.17, 15) is 9.65 Å². The number of thioether (sulfide) groups is 1. The molecule has 8 heteroatoms. The van der Waals surface area contributed by atoms with Crippen LogP contribution in [0.15, 0.2) is 29.3 Å². The van der Waals surface area contributed by atoms with Gasteiger partial charge in [-0.1, -0.05) is 12.1 Å². The zero-order valence-electron chi connectivity index (χ0n) is 20.3. The lowest BCUT2D eigenvalue weighted by molar-refractivity contribution is -0.0402. The number of hydrogen-bond donors (Lipinski definition) is 0. The summed E-state index contributed by atoms with van der Waals surface area (Å²) in [7, 11) is 1.73. The van der Waals surface area contributed by atoms with Gasteiger partial charge in [-0.3, -0.25) is 4.90 Å². The summed E-state index contributed by atoms with van der Waals surface area (Å²) in [5, 5.41) is 10.9. The fourth-order valence-electron chi connectivity index (χ4n) is 4.57. The largest absolute Gasteiger partial charge is 0.383 e. The highest BCUT2D eigenvalue weighted by molar-refractivity contribution is 7.99. The first-order chi connectivity index (χ1) is 16.4. The van der Waals surface area contributed by atoms with Gasteiger partial charge in [-0.25, -0.2) is 9.37 Å². The van der Waals surface area contributed by atoms with Crippen LogP contribution in [0.4, 0.5) is 10.2 Å². The van der Waals surface area contributed by atoms with Crippen molar-refractivity contribution in [3.63, 3.8) is 0 Å². The van der Waals surface area contributed by atoms with Gasteiger partial charge >= 0.3 is 0 Å². The molecular formula is C26H33FN4O2S. The van der Waals surface area contributed by atoms with Gasteiger partial charge in [-0.2, -0.15) is 5.26 Å². The molecule has 2 aromatic rings. The number of ether oxygens (including phenoxy) is 2. The van der Waals surface area contributed by atoms with E-state index in [0.717, 1.165) is 72.6 Å².